The van der Waals surface area contributed by atoms with Gasteiger partial charge in [-0.25, -0.2) is 33.9 Å². The number of hydrogen-bond acceptors (Lipinski definition) is 29. The number of carbonyl (C=O) groups is 6. The van der Waals surface area contributed by atoms with Gasteiger partial charge >= 0.3 is 52.6 Å². The number of anilines is 4. The number of fused-ring (bicyclic) bond motifs is 2. The number of hydrogen-bond donors (Lipinski definition) is 4. The van der Waals surface area contributed by atoms with Gasteiger partial charge in [0.2, 0.25) is 0 Å². The zero-order chi connectivity index (χ0) is 95.3. The van der Waals surface area contributed by atoms with Crippen LogP contribution in [0.25, 0.3) is 26.0 Å². The fourth-order valence-electron chi connectivity index (χ4n) is 21.1. The number of rotatable bonds is 12. The third kappa shape index (κ3) is 23.0. The maximum atomic E-state index is 12.0. The number of methoxy groups -OCH3 is 5. The highest BCUT2D eigenvalue weighted by atomic mass is 79.9. The minimum atomic E-state index is -5.51. The Morgan fingerprint density at radius 3 is 1.25 bits per heavy atom. The summed E-state index contributed by atoms with van der Waals surface area (Å²) < 4.78 is 127. The van der Waals surface area contributed by atoms with Crippen molar-refractivity contribution in [2.45, 2.75) is 223 Å². The first-order chi connectivity index (χ1) is 63.2. The van der Waals surface area contributed by atoms with Crippen molar-refractivity contribution in [3.05, 3.63) is 151 Å². The minimum Gasteiger partial charge on any atom is -0.465 e. The lowest BCUT2D eigenvalue weighted by Crippen LogP contribution is -2.41. The van der Waals surface area contributed by atoms with Gasteiger partial charge in [-0.1, -0.05) is 36.7 Å². The summed E-state index contributed by atoms with van der Waals surface area (Å²) in [5.41, 5.74) is 32.7. The predicted molar refractivity (Wildman–Crippen MR) is 506 cm³/mol. The lowest BCUT2D eigenvalue weighted by Gasteiger charge is -2.50. The summed E-state index contributed by atoms with van der Waals surface area (Å²) in [6.07, 6.45) is 31.0. The number of aromatic nitrogens is 2. The topological polar surface area (TPSA) is 386 Å². The largest absolute Gasteiger partial charge is 0.534 e. The molecule has 7 aliphatic carbocycles. The van der Waals surface area contributed by atoms with Gasteiger partial charge in [-0.05, 0) is 318 Å². The molecule has 0 unspecified atom stereocenters. The molecule has 133 heavy (non-hydrogen) atoms. The van der Waals surface area contributed by atoms with E-state index in [2.05, 4.69) is 36.2 Å². The van der Waals surface area contributed by atoms with Crippen molar-refractivity contribution >= 4 is 145 Å². The Balaban J connectivity index is 0.000000126. The summed E-state index contributed by atoms with van der Waals surface area (Å²) in [7, 11) is 0.859. The second-order valence-corrected chi connectivity index (χ2v) is 44.0. The Morgan fingerprint density at radius 2 is 0.820 bits per heavy atom. The summed E-state index contributed by atoms with van der Waals surface area (Å²) in [6, 6.07) is 23.3. The molecule has 0 radical (unpaired) electrons. The van der Waals surface area contributed by atoms with Crippen LogP contribution in [0.3, 0.4) is 0 Å². The van der Waals surface area contributed by atoms with Crippen molar-refractivity contribution in [1.29, 1.82) is 0 Å². The maximum absolute atomic E-state index is 12.0. The highest BCUT2D eigenvalue weighted by Crippen LogP contribution is 2.61. The average Bonchev–Trinajstić information content (AvgIpc) is 1.65. The molecule has 0 bridgehead atoms. The average molecular weight is 1960 g/mol. The maximum Gasteiger partial charge on any atom is 0.534 e. The second-order valence-electron chi connectivity index (χ2n) is 39.1. The van der Waals surface area contributed by atoms with Crippen LogP contribution < -0.4 is 28.4 Å². The van der Waals surface area contributed by atoms with Crippen LogP contribution in [-0.2, 0) is 75.8 Å². The van der Waals surface area contributed by atoms with Crippen molar-refractivity contribution in [2.75, 3.05) is 125 Å². The van der Waals surface area contributed by atoms with E-state index in [9.17, 15) is 50.4 Å². The van der Waals surface area contributed by atoms with Gasteiger partial charge in [-0.15, -0.1) is 11.3 Å². The number of esters is 5. The number of allylic oxidation sites excluding steroid dienone is 4. The molecule has 0 atom stereocenters. The number of benzene rings is 5. The number of nitrogen functional groups attached to an aromatic ring is 4. The van der Waals surface area contributed by atoms with Gasteiger partial charge in [-0.3, -0.25) is 4.79 Å². The number of ketones is 1. The van der Waals surface area contributed by atoms with Gasteiger partial charge in [0.05, 0.1) is 95.0 Å². The lowest BCUT2D eigenvalue weighted by atomic mass is 9.56. The number of nitrogens with zero attached hydrogens (tertiary/aromatic N) is 2. The molecule has 720 valence electrons. The number of ether oxygens (including phenoxy) is 10. The normalized spacial score (nSPS) is 22.5. The summed E-state index contributed by atoms with van der Waals surface area (Å²) in [5, 5.41) is 0.545. The van der Waals surface area contributed by atoms with Gasteiger partial charge in [-0.2, -0.15) is 21.6 Å². The van der Waals surface area contributed by atoms with Gasteiger partial charge in [0.1, 0.15) is 11.5 Å². The van der Waals surface area contributed by atoms with Gasteiger partial charge in [0, 0.05) is 119 Å². The fraction of sp³-hybridized carbons (Fsp3) is 0.571. The van der Waals surface area contributed by atoms with Gasteiger partial charge in [0.25, 0.3) is 0 Å². The first-order valence-electron chi connectivity index (χ1n) is 45.8. The Kier molecular flexibility index (Phi) is 31.2. The molecular weight excluding hydrogens is 1840 g/mol. The molecule has 6 aliphatic heterocycles. The Hall–Kier alpha value is -8.62. The van der Waals surface area contributed by atoms with Crippen LogP contribution in [-0.4, -0.2) is 179 Å². The van der Waals surface area contributed by atoms with Crippen LogP contribution in [0.15, 0.2) is 101 Å². The molecule has 7 aromatic rings. The molecule has 5 aromatic carbocycles. The molecule has 0 amide bonds. The third-order valence-electron chi connectivity index (χ3n) is 29.8. The first kappa shape index (κ1) is 100. The fourth-order valence-corrected chi connectivity index (χ4v) is 23.9. The number of halogens is 4. The minimum absolute atomic E-state index is 0.121. The summed E-state index contributed by atoms with van der Waals surface area (Å²) in [6.45, 7) is 15.9. The molecule has 20 rings (SSSR count). The number of nitrogens with two attached hydrogens (primary N) is 4. The van der Waals surface area contributed by atoms with Crippen LogP contribution in [0.1, 0.15) is 280 Å². The van der Waals surface area contributed by atoms with Crippen LogP contribution in [0.4, 0.5) is 35.4 Å². The van der Waals surface area contributed by atoms with E-state index >= 15 is 0 Å². The number of Topliss-reactive ketones (excluding diaryl/α,β-unsaturated/α-hetero) is 1. The summed E-state index contributed by atoms with van der Waals surface area (Å²) >= 11 is 6.46. The quantitative estimate of drug-likeness (QED) is 0.0220. The number of carbonyl (C=O) groups excluding carboxylic acids is 6. The third-order valence-corrected chi connectivity index (χ3v) is 33.1. The molecule has 5 saturated carbocycles. The monoisotopic (exact) mass is 1960 g/mol. The molecule has 13 aliphatic rings. The van der Waals surface area contributed by atoms with Gasteiger partial charge in [0.15, 0.2) is 9.05 Å². The van der Waals surface area contributed by atoms with E-state index in [4.69, 9.17) is 79.6 Å². The molecule has 8 heterocycles. The first-order valence-corrected chi connectivity index (χ1v) is 49.6. The molecule has 2 aromatic heterocycles. The Bertz CT molecular complexity index is 5450. The van der Waals surface area contributed by atoms with E-state index in [1.807, 2.05) is 70.2 Å². The highest BCUT2D eigenvalue weighted by molar-refractivity contribution is 9.11. The summed E-state index contributed by atoms with van der Waals surface area (Å²) in [5.74, 6) is 0.152. The summed E-state index contributed by atoms with van der Waals surface area (Å²) in [4.78, 5) is 78.7. The van der Waals surface area contributed by atoms with Crippen LogP contribution in [0.5, 0.6) is 0 Å². The molecule has 6 spiro atoms. The molecule has 6 saturated heterocycles. The van der Waals surface area contributed by atoms with Crippen molar-refractivity contribution in [3.8, 4) is 0 Å². The molecule has 27 nitrogen and oxygen atoms in total. The van der Waals surface area contributed by atoms with Crippen LogP contribution in [0.2, 0.25) is 0 Å². The smallest absolute Gasteiger partial charge is 0.465 e. The second kappa shape index (κ2) is 41.4. The standard InChI is InChI=1S/C17H18BrNO3S.C17H20N2O3S.C16H21NO3.C16H19NO3.C14H20BNO4.C9H11F3O4S.C9H14O/c2*1-21-15(20)10-6-12(14-13(7-10)23-16(18)19-14)11-8-17(9-11)2-4-22-5-3-17;2*1-19-15(18)11-2-3-14(17)13(8-11)12-9-16(10-12)4-6-20-7-5-16;1-13(2)14(3,4)20-15(19-13)10-8-9(12(17)18-5)6-7-11(10)16;10-9(11,12)17(13,14)16-7-5-8(6-7)1-3-15-4-2-8;10-8-6-9(7-8)4-2-1-3-5-9/h6-7,11H,2-5,8-9H2,1H3;6-7,11H,2-5,8-9H2,1H3,(H2,18,19);2-3,8,12H,4-7,9-10,17H2,1H3;2-3,8-9H,4-7,10,17H2,1H3;6-8H,16H2,1-5H3;5H,1-4,6H2;1-7H2. The lowest BCUT2D eigenvalue weighted by molar-refractivity contribution is -0.134. The molecule has 8 N–H and O–H groups in total. The van der Waals surface area contributed by atoms with E-state index in [1.54, 1.807) is 47.7 Å². The van der Waals surface area contributed by atoms with Crippen molar-refractivity contribution in [2.24, 2.45) is 32.5 Å². The van der Waals surface area contributed by atoms with Crippen molar-refractivity contribution in [3.63, 3.8) is 0 Å². The molecular formula is C98H123BBrF3N6O21S3. The zero-order valence-electron chi connectivity index (χ0n) is 77.2. The van der Waals surface area contributed by atoms with Crippen molar-refractivity contribution < 1.29 is 111 Å². The van der Waals surface area contributed by atoms with Crippen LogP contribution >= 0.6 is 38.6 Å². The zero-order valence-corrected chi connectivity index (χ0v) is 81.3. The molecule has 35 heteroatoms. The highest BCUT2D eigenvalue weighted by Gasteiger charge is 2.55. The SMILES string of the molecule is COC(=O)c1cc(C2CC3(CCOCC3)C2)c2nc(Br)sc2c1.COC(=O)c1cc(C2CC3(CCOCC3)C2)c2nc(N)sc2c1.COC(=O)c1ccc(N)c(B2OC(C)(C)C(C)(C)O2)c1.COC(=O)c1ccc(N)c(C2=CC3(CCOCC3)C2)c1.COC(=O)c1ccc(N)c(C2CC3(CCOCC3)C2)c1.O=C1CC2(CCCCC2)C1.O=S(=O)(OC1=CC2(CCOCC2)C1)C(F)(F)F. The van der Waals surface area contributed by atoms with Crippen LogP contribution in [0, 0.1) is 32.5 Å². The molecule has 11 fully saturated rings. The van der Waals surface area contributed by atoms with E-state index in [-0.39, 0.29) is 41.5 Å². The Labute approximate surface area is 791 Å². The van der Waals surface area contributed by atoms with E-state index in [1.165, 1.54) is 109 Å². The van der Waals surface area contributed by atoms with Gasteiger partial charge < -0.3 is 83.8 Å². The number of alkyl halides is 3. The number of thiazole rings is 2. The van der Waals surface area contributed by atoms with E-state index in [0.29, 0.717) is 126 Å². The van der Waals surface area contributed by atoms with E-state index < -0.39 is 39.9 Å². The van der Waals surface area contributed by atoms with E-state index in [0.717, 1.165) is 196 Å². The Morgan fingerprint density at radius 1 is 0.451 bits per heavy atom. The predicted octanol–water partition coefficient (Wildman–Crippen LogP) is 18.8. The van der Waals surface area contributed by atoms with Crippen molar-refractivity contribution in [1.82, 2.24) is 9.97 Å².